The number of thiol groups is 1. The van der Waals surface area contributed by atoms with E-state index >= 15 is 0 Å². The summed E-state index contributed by atoms with van der Waals surface area (Å²) in [4.78, 5) is 14.0. The minimum Gasteiger partial charge on any atom is -0.341 e. The van der Waals surface area contributed by atoms with E-state index in [2.05, 4.69) is 12.6 Å². The van der Waals surface area contributed by atoms with Crippen molar-refractivity contribution >= 4 is 30.3 Å². The van der Waals surface area contributed by atoms with Crippen LogP contribution in [0.15, 0.2) is 23.1 Å². The van der Waals surface area contributed by atoms with Crippen molar-refractivity contribution in [3.05, 3.63) is 29.6 Å². The summed E-state index contributed by atoms with van der Waals surface area (Å²) in [7, 11) is 1.67. The van der Waals surface area contributed by atoms with E-state index in [4.69, 9.17) is 0 Å². The standard InChI is InChI=1S/C11H14FNOS2/c1-13(5-6-16-2)11(14)9-7-8(15)3-4-10(9)12/h3-4,7,15H,5-6H2,1-2H3. The molecule has 0 saturated carbocycles. The molecule has 0 unspecified atom stereocenters. The molecule has 0 saturated heterocycles. The average Bonchev–Trinajstić information content (AvgIpc) is 2.28. The zero-order valence-electron chi connectivity index (χ0n) is 9.24. The van der Waals surface area contributed by atoms with Gasteiger partial charge in [0.1, 0.15) is 5.82 Å². The third kappa shape index (κ3) is 3.42. The number of halogens is 1. The van der Waals surface area contributed by atoms with Crippen LogP contribution >= 0.6 is 24.4 Å². The van der Waals surface area contributed by atoms with E-state index in [1.807, 2.05) is 6.26 Å². The molecule has 1 rings (SSSR count). The Morgan fingerprint density at radius 1 is 1.56 bits per heavy atom. The van der Waals surface area contributed by atoms with Crippen molar-refractivity contribution in [2.24, 2.45) is 0 Å². The maximum atomic E-state index is 13.4. The van der Waals surface area contributed by atoms with Crippen LogP contribution in [0, 0.1) is 5.82 Å². The SMILES string of the molecule is CSCCN(C)C(=O)c1cc(S)ccc1F. The Morgan fingerprint density at radius 3 is 2.88 bits per heavy atom. The fourth-order valence-electron chi connectivity index (χ4n) is 1.21. The maximum absolute atomic E-state index is 13.4. The van der Waals surface area contributed by atoms with E-state index in [0.29, 0.717) is 11.4 Å². The number of carbonyl (C=O) groups excluding carboxylic acids is 1. The van der Waals surface area contributed by atoms with Crippen LogP contribution in [0.5, 0.6) is 0 Å². The van der Waals surface area contributed by atoms with Crippen molar-refractivity contribution in [1.82, 2.24) is 4.90 Å². The Hall–Kier alpha value is -0.680. The van der Waals surface area contributed by atoms with Gasteiger partial charge in [-0.25, -0.2) is 4.39 Å². The molecule has 0 bridgehead atoms. The molecule has 2 nitrogen and oxygen atoms in total. The molecule has 1 amide bonds. The van der Waals surface area contributed by atoms with E-state index in [0.717, 1.165) is 5.75 Å². The minimum absolute atomic E-state index is 0.0797. The van der Waals surface area contributed by atoms with Gasteiger partial charge in [-0.1, -0.05) is 0 Å². The fraction of sp³-hybridized carbons (Fsp3) is 0.364. The van der Waals surface area contributed by atoms with Crippen LogP contribution in [0.3, 0.4) is 0 Å². The molecule has 0 heterocycles. The van der Waals surface area contributed by atoms with Gasteiger partial charge in [0, 0.05) is 24.2 Å². The number of nitrogens with zero attached hydrogens (tertiary/aromatic N) is 1. The molecule has 0 spiro atoms. The molecule has 0 fully saturated rings. The molecule has 0 N–H and O–H groups in total. The molecule has 88 valence electrons. The Bertz CT molecular complexity index is 384. The van der Waals surface area contributed by atoms with Gasteiger partial charge in [-0.2, -0.15) is 11.8 Å². The molecule has 5 heteroatoms. The van der Waals surface area contributed by atoms with Crippen molar-refractivity contribution < 1.29 is 9.18 Å². The number of hydrogen-bond donors (Lipinski definition) is 1. The normalized spacial score (nSPS) is 10.2. The number of hydrogen-bond acceptors (Lipinski definition) is 3. The second-order valence-corrected chi connectivity index (χ2v) is 4.89. The predicted molar refractivity (Wildman–Crippen MR) is 69.0 cm³/mol. The summed E-state index contributed by atoms with van der Waals surface area (Å²) in [6, 6.07) is 4.24. The van der Waals surface area contributed by atoms with Gasteiger partial charge >= 0.3 is 0 Å². The molecule has 16 heavy (non-hydrogen) atoms. The molecule has 0 radical (unpaired) electrons. The van der Waals surface area contributed by atoms with Gasteiger partial charge in [-0.3, -0.25) is 4.79 Å². The second kappa shape index (κ2) is 6.15. The molecule has 0 aromatic heterocycles. The lowest BCUT2D eigenvalue weighted by Gasteiger charge is -2.17. The highest BCUT2D eigenvalue weighted by Gasteiger charge is 2.15. The zero-order chi connectivity index (χ0) is 12.1. The highest BCUT2D eigenvalue weighted by molar-refractivity contribution is 7.98. The summed E-state index contributed by atoms with van der Waals surface area (Å²) < 4.78 is 13.4. The average molecular weight is 259 g/mol. The number of thioether (sulfide) groups is 1. The zero-order valence-corrected chi connectivity index (χ0v) is 10.9. The molecule has 1 aromatic rings. The predicted octanol–water partition coefficient (Wildman–Crippen LogP) is 2.55. The molecule has 1 aromatic carbocycles. The summed E-state index contributed by atoms with van der Waals surface area (Å²) >= 11 is 5.74. The monoisotopic (exact) mass is 259 g/mol. The smallest absolute Gasteiger partial charge is 0.256 e. The van der Waals surface area contributed by atoms with E-state index in [-0.39, 0.29) is 11.5 Å². The summed E-state index contributed by atoms with van der Waals surface area (Å²) in [6.45, 7) is 0.607. The first-order valence-electron chi connectivity index (χ1n) is 4.79. The Morgan fingerprint density at radius 2 is 2.25 bits per heavy atom. The van der Waals surface area contributed by atoms with Crippen LogP contribution in [-0.4, -0.2) is 36.4 Å². The highest BCUT2D eigenvalue weighted by atomic mass is 32.2. The van der Waals surface area contributed by atoms with E-state index in [9.17, 15) is 9.18 Å². The molecule has 0 aliphatic rings. The van der Waals surface area contributed by atoms with Gasteiger partial charge in [-0.15, -0.1) is 12.6 Å². The van der Waals surface area contributed by atoms with Gasteiger partial charge < -0.3 is 4.90 Å². The molecule has 0 aliphatic heterocycles. The van der Waals surface area contributed by atoms with Gasteiger partial charge in [0.15, 0.2) is 0 Å². The van der Waals surface area contributed by atoms with Crippen molar-refractivity contribution in [2.45, 2.75) is 4.90 Å². The van der Waals surface area contributed by atoms with Crippen molar-refractivity contribution in [2.75, 3.05) is 25.6 Å². The lowest BCUT2D eigenvalue weighted by Crippen LogP contribution is -2.29. The van der Waals surface area contributed by atoms with Gasteiger partial charge in [0.05, 0.1) is 5.56 Å². The van der Waals surface area contributed by atoms with Gasteiger partial charge in [-0.05, 0) is 24.5 Å². The first-order chi connectivity index (χ1) is 7.56. The Balaban J connectivity index is 2.83. The maximum Gasteiger partial charge on any atom is 0.256 e. The lowest BCUT2D eigenvalue weighted by molar-refractivity contribution is 0.0799. The third-order valence-corrected chi connectivity index (χ3v) is 3.03. The topological polar surface area (TPSA) is 20.3 Å². The summed E-state index contributed by atoms with van der Waals surface area (Å²) in [5.74, 6) is 0.0333. The summed E-state index contributed by atoms with van der Waals surface area (Å²) in [5.41, 5.74) is 0.0797. The second-order valence-electron chi connectivity index (χ2n) is 3.38. The van der Waals surface area contributed by atoms with Crippen molar-refractivity contribution in [3.63, 3.8) is 0 Å². The third-order valence-electron chi connectivity index (χ3n) is 2.16. The first kappa shape index (κ1) is 13.4. The molecule has 0 aliphatic carbocycles. The number of amides is 1. The number of rotatable bonds is 4. The van der Waals surface area contributed by atoms with Crippen molar-refractivity contribution in [3.8, 4) is 0 Å². The lowest BCUT2D eigenvalue weighted by atomic mass is 10.2. The fourth-order valence-corrected chi connectivity index (χ4v) is 1.87. The quantitative estimate of drug-likeness (QED) is 0.839. The van der Waals surface area contributed by atoms with E-state index < -0.39 is 5.82 Å². The highest BCUT2D eigenvalue weighted by Crippen LogP contribution is 2.15. The first-order valence-corrected chi connectivity index (χ1v) is 6.63. The van der Waals surface area contributed by atoms with Gasteiger partial charge in [0.2, 0.25) is 0 Å². The van der Waals surface area contributed by atoms with E-state index in [1.54, 1.807) is 18.8 Å². The van der Waals surface area contributed by atoms with Crippen LogP contribution in [-0.2, 0) is 0 Å². The van der Waals surface area contributed by atoms with Gasteiger partial charge in [0.25, 0.3) is 5.91 Å². The minimum atomic E-state index is -0.501. The van der Waals surface area contributed by atoms with Crippen LogP contribution in [0.2, 0.25) is 0 Å². The Labute approximate surface area is 105 Å². The van der Waals surface area contributed by atoms with Crippen LogP contribution in [0.4, 0.5) is 4.39 Å². The molecular formula is C11H14FNOS2. The summed E-state index contributed by atoms with van der Waals surface area (Å²) in [5, 5.41) is 0. The van der Waals surface area contributed by atoms with Crippen LogP contribution in [0.1, 0.15) is 10.4 Å². The Kier molecular flexibility index (Phi) is 5.15. The van der Waals surface area contributed by atoms with E-state index in [1.165, 1.54) is 23.1 Å². The van der Waals surface area contributed by atoms with Crippen LogP contribution < -0.4 is 0 Å². The largest absolute Gasteiger partial charge is 0.341 e. The molecular weight excluding hydrogens is 245 g/mol. The number of carbonyl (C=O) groups is 1. The van der Waals surface area contributed by atoms with Crippen LogP contribution in [0.25, 0.3) is 0 Å². The molecule has 0 atom stereocenters. The van der Waals surface area contributed by atoms with Crippen molar-refractivity contribution in [1.29, 1.82) is 0 Å². The number of benzene rings is 1. The summed E-state index contributed by atoms with van der Waals surface area (Å²) in [6.07, 6.45) is 1.97.